The summed E-state index contributed by atoms with van der Waals surface area (Å²) in [6.07, 6.45) is 0. The highest BCUT2D eigenvalue weighted by Crippen LogP contribution is 2.30. The molecule has 1 fully saturated rings. The van der Waals surface area contributed by atoms with Gasteiger partial charge in [-0.15, -0.1) is 5.10 Å². The molecule has 1 aliphatic rings. The van der Waals surface area contributed by atoms with Crippen LogP contribution < -0.4 is 4.90 Å². The van der Waals surface area contributed by atoms with Crippen molar-refractivity contribution in [3.05, 3.63) is 107 Å². The van der Waals surface area contributed by atoms with E-state index in [1.165, 1.54) is 18.2 Å². The summed E-state index contributed by atoms with van der Waals surface area (Å²) in [6.45, 7) is 3.31. The molecule has 6 nitrogen and oxygen atoms in total. The van der Waals surface area contributed by atoms with Crippen LogP contribution in [0.25, 0.3) is 0 Å². The van der Waals surface area contributed by atoms with Crippen molar-refractivity contribution >= 4 is 5.69 Å². The molecule has 3 aromatic carbocycles. The van der Waals surface area contributed by atoms with E-state index in [2.05, 4.69) is 37.5 Å². The Bertz CT molecular complexity index is 1190. The van der Waals surface area contributed by atoms with Crippen LogP contribution in [0.1, 0.15) is 23.0 Å². The Morgan fingerprint density at radius 1 is 0.788 bits per heavy atom. The van der Waals surface area contributed by atoms with Crippen LogP contribution in [0.3, 0.4) is 0 Å². The smallest absolute Gasteiger partial charge is 0.173 e. The van der Waals surface area contributed by atoms with Gasteiger partial charge >= 0.3 is 0 Å². The number of rotatable bonds is 6. The van der Waals surface area contributed by atoms with Crippen LogP contribution >= 0.6 is 0 Å². The van der Waals surface area contributed by atoms with Crippen molar-refractivity contribution in [1.29, 1.82) is 0 Å². The fourth-order valence-electron chi connectivity index (χ4n) is 4.37. The highest BCUT2D eigenvalue weighted by molar-refractivity contribution is 5.48. The summed E-state index contributed by atoms with van der Waals surface area (Å²) in [5, 5.41) is 12.6. The third kappa shape index (κ3) is 4.61. The summed E-state index contributed by atoms with van der Waals surface area (Å²) in [5.41, 5.74) is 2.64. The molecule has 0 amide bonds. The highest BCUT2D eigenvalue weighted by Gasteiger charge is 2.31. The second-order valence-corrected chi connectivity index (χ2v) is 8.11. The van der Waals surface area contributed by atoms with E-state index in [-0.39, 0.29) is 17.7 Å². The highest BCUT2D eigenvalue weighted by atomic mass is 19.1. The average Bonchev–Trinajstić information content (AvgIpc) is 3.30. The van der Waals surface area contributed by atoms with E-state index in [4.69, 9.17) is 0 Å². The number of hydrogen-bond donors (Lipinski definition) is 0. The maximum Gasteiger partial charge on any atom is 0.173 e. The molecular weight excluding hydrogens is 422 g/mol. The van der Waals surface area contributed by atoms with Gasteiger partial charge in [-0.05, 0) is 45.8 Å². The standard InChI is InChI=1S/C25H24F2N6/c26-21-12-10-19(11-13-21)18-33-25(28-29-30-33)24(20-6-2-1-3-7-20)32-16-14-31(15-17-32)23-9-5-4-8-22(23)27/h1-13,24H,14-18H2. The fraction of sp³-hybridized carbons (Fsp3) is 0.240. The van der Waals surface area contributed by atoms with E-state index in [1.54, 1.807) is 22.9 Å². The molecule has 1 aliphatic heterocycles. The van der Waals surface area contributed by atoms with E-state index in [0.29, 0.717) is 25.3 Å². The molecule has 2 heterocycles. The zero-order valence-corrected chi connectivity index (χ0v) is 18.1. The molecule has 1 unspecified atom stereocenters. The lowest BCUT2D eigenvalue weighted by Crippen LogP contribution is -2.48. The molecule has 0 spiro atoms. The van der Waals surface area contributed by atoms with Gasteiger partial charge in [-0.3, -0.25) is 4.90 Å². The minimum absolute atomic E-state index is 0.149. The molecule has 0 saturated carbocycles. The molecular formula is C25H24F2N6. The number of benzene rings is 3. The first-order valence-electron chi connectivity index (χ1n) is 11.0. The maximum absolute atomic E-state index is 14.3. The lowest BCUT2D eigenvalue weighted by Gasteiger charge is -2.40. The second-order valence-electron chi connectivity index (χ2n) is 8.11. The molecule has 1 atom stereocenters. The van der Waals surface area contributed by atoms with E-state index in [1.807, 2.05) is 30.3 Å². The maximum atomic E-state index is 14.3. The summed E-state index contributed by atoms with van der Waals surface area (Å²) < 4.78 is 29.4. The Morgan fingerprint density at radius 3 is 2.21 bits per heavy atom. The molecule has 8 heteroatoms. The fourth-order valence-corrected chi connectivity index (χ4v) is 4.37. The SMILES string of the molecule is Fc1ccc(Cn2nnnc2C(c2ccccc2)N2CCN(c3ccccc3F)CC2)cc1. The molecule has 0 aliphatic carbocycles. The Labute approximate surface area is 191 Å². The molecule has 0 bridgehead atoms. The summed E-state index contributed by atoms with van der Waals surface area (Å²) in [4.78, 5) is 4.41. The molecule has 1 aromatic heterocycles. The number of halogens is 2. The molecule has 168 valence electrons. The van der Waals surface area contributed by atoms with Crippen LogP contribution in [0.5, 0.6) is 0 Å². The first kappa shape index (κ1) is 21.2. The minimum Gasteiger partial charge on any atom is -0.367 e. The number of nitrogens with zero attached hydrogens (tertiary/aromatic N) is 6. The zero-order valence-electron chi connectivity index (χ0n) is 18.1. The Hall–Kier alpha value is -3.65. The number of anilines is 1. The van der Waals surface area contributed by atoms with Gasteiger partial charge in [0.25, 0.3) is 0 Å². The number of aromatic nitrogens is 4. The van der Waals surface area contributed by atoms with Crippen LogP contribution in [0.4, 0.5) is 14.5 Å². The molecule has 1 saturated heterocycles. The summed E-state index contributed by atoms with van der Waals surface area (Å²) in [7, 11) is 0. The normalized spacial score (nSPS) is 15.5. The third-order valence-electron chi connectivity index (χ3n) is 6.04. The molecule has 33 heavy (non-hydrogen) atoms. The number of piperazine rings is 1. The van der Waals surface area contributed by atoms with Crippen molar-refractivity contribution in [2.24, 2.45) is 0 Å². The van der Waals surface area contributed by atoms with Gasteiger partial charge in [-0.25, -0.2) is 13.5 Å². The summed E-state index contributed by atoms with van der Waals surface area (Å²) in [5.74, 6) is 0.254. The Kier molecular flexibility index (Phi) is 6.08. The Balaban J connectivity index is 1.41. The number of tetrazole rings is 1. The number of para-hydroxylation sites is 1. The van der Waals surface area contributed by atoms with Crippen molar-refractivity contribution < 1.29 is 8.78 Å². The average molecular weight is 447 g/mol. The van der Waals surface area contributed by atoms with E-state index in [0.717, 1.165) is 30.0 Å². The van der Waals surface area contributed by atoms with Gasteiger partial charge in [0.1, 0.15) is 11.6 Å². The van der Waals surface area contributed by atoms with Gasteiger partial charge in [0.15, 0.2) is 5.82 Å². The summed E-state index contributed by atoms with van der Waals surface area (Å²) in [6, 6.07) is 23.3. The Morgan fingerprint density at radius 2 is 1.48 bits per heavy atom. The molecule has 5 rings (SSSR count). The van der Waals surface area contributed by atoms with Crippen molar-refractivity contribution in [3.63, 3.8) is 0 Å². The monoisotopic (exact) mass is 446 g/mol. The molecule has 4 aromatic rings. The van der Waals surface area contributed by atoms with Gasteiger partial charge in [0.2, 0.25) is 0 Å². The van der Waals surface area contributed by atoms with Crippen molar-refractivity contribution in [2.45, 2.75) is 12.6 Å². The van der Waals surface area contributed by atoms with Gasteiger partial charge in [-0.1, -0.05) is 54.6 Å². The lowest BCUT2D eigenvalue weighted by atomic mass is 10.0. The van der Waals surface area contributed by atoms with E-state index in [9.17, 15) is 8.78 Å². The predicted octanol–water partition coefficient (Wildman–Crippen LogP) is 3.91. The topological polar surface area (TPSA) is 50.1 Å². The van der Waals surface area contributed by atoms with Crippen LogP contribution in [-0.2, 0) is 6.54 Å². The van der Waals surface area contributed by atoms with Crippen molar-refractivity contribution in [2.75, 3.05) is 31.1 Å². The predicted molar refractivity (Wildman–Crippen MR) is 122 cm³/mol. The summed E-state index contributed by atoms with van der Waals surface area (Å²) >= 11 is 0. The first-order valence-corrected chi connectivity index (χ1v) is 11.0. The molecule has 0 N–H and O–H groups in total. The second kappa shape index (κ2) is 9.46. The van der Waals surface area contributed by atoms with Gasteiger partial charge in [-0.2, -0.15) is 0 Å². The van der Waals surface area contributed by atoms with Gasteiger partial charge < -0.3 is 4.90 Å². The largest absolute Gasteiger partial charge is 0.367 e. The van der Waals surface area contributed by atoms with Crippen LogP contribution in [0.15, 0.2) is 78.9 Å². The van der Waals surface area contributed by atoms with Gasteiger partial charge in [0.05, 0.1) is 18.3 Å². The van der Waals surface area contributed by atoms with Crippen molar-refractivity contribution in [1.82, 2.24) is 25.1 Å². The van der Waals surface area contributed by atoms with Crippen LogP contribution in [0.2, 0.25) is 0 Å². The zero-order chi connectivity index (χ0) is 22.6. The third-order valence-corrected chi connectivity index (χ3v) is 6.04. The lowest BCUT2D eigenvalue weighted by molar-refractivity contribution is 0.201. The van der Waals surface area contributed by atoms with Crippen molar-refractivity contribution in [3.8, 4) is 0 Å². The number of hydrogen-bond acceptors (Lipinski definition) is 5. The quantitative estimate of drug-likeness (QED) is 0.450. The van der Waals surface area contributed by atoms with Crippen LogP contribution in [0, 0.1) is 11.6 Å². The first-order chi connectivity index (χ1) is 16.2. The molecule has 0 radical (unpaired) electrons. The van der Waals surface area contributed by atoms with Crippen LogP contribution in [-0.4, -0.2) is 51.3 Å². The minimum atomic E-state index is -0.273. The van der Waals surface area contributed by atoms with E-state index >= 15 is 0 Å². The van der Waals surface area contributed by atoms with Gasteiger partial charge in [0, 0.05) is 26.2 Å². The van der Waals surface area contributed by atoms with E-state index < -0.39 is 0 Å².